The number of ether oxygens (including phenoxy) is 1. The van der Waals surface area contributed by atoms with Gasteiger partial charge in [-0.3, -0.25) is 10.1 Å². The van der Waals surface area contributed by atoms with Crippen LogP contribution in [0.4, 0.5) is 5.13 Å². The van der Waals surface area contributed by atoms with Gasteiger partial charge in [-0.05, 0) is 50.8 Å². The summed E-state index contributed by atoms with van der Waals surface area (Å²) in [4.78, 5) is 17.6. The number of thiazole rings is 1. The lowest BCUT2D eigenvalue weighted by Crippen LogP contribution is -2.11. The van der Waals surface area contributed by atoms with Crippen molar-refractivity contribution in [2.75, 3.05) is 5.32 Å². The van der Waals surface area contributed by atoms with Gasteiger partial charge in [0.05, 0.1) is 5.69 Å². The summed E-state index contributed by atoms with van der Waals surface area (Å²) in [6.07, 6.45) is 2.33. The lowest BCUT2D eigenvalue weighted by molar-refractivity contribution is 0.102. The van der Waals surface area contributed by atoms with Crippen LogP contribution in [0.2, 0.25) is 0 Å². The molecule has 1 aliphatic carbocycles. The van der Waals surface area contributed by atoms with E-state index in [4.69, 9.17) is 4.74 Å². The highest BCUT2D eigenvalue weighted by molar-refractivity contribution is 7.16. The normalized spacial score (nSPS) is 13.6. The van der Waals surface area contributed by atoms with Gasteiger partial charge in [0.2, 0.25) is 5.13 Å². The number of rotatable bonds is 6. The number of hydrogen-bond acceptors (Lipinski definition) is 7. The maximum atomic E-state index is 12.6. The molecule has 6 nitrogen and oxygen atoms in total. The van der Waals surface area contributed by atoms with E-state index >= 15 is 0 Å². The second-order valence-electron chi connectivity index (χ2n) is 6.75. The monoisotopic (exact) mass is 400 g/mol. The molecule has 140 valence electrons. The predicted octanol–water partition coefficient (Wildman–Crippen LogP) is 4.63. The molecular weight excluding hydrogens is 380 g/mol. The van der Waals surface area contributed by atoms with Gasteiger partial charge in [0.25, 0.3) is 5.91 Å². The minimum atomic E-state index is -0.193. The third-order valence-electron chi connectivity index (χ3n) is 4.33. The Hall–Kier alpha value is -2.32. The Kier molecular flexibility index (Phi) is 4.92. The fourth-order valence-corrected chi connectivity index (χ4v) is 4.44. The van der Waals surface area contributed by atoms with Gasteiger partial charge in [0.1, 0.15) is 27.2 Å². The lowest BCUT2D eigenvalue weighted by Gasteiger charge is -2.08. The van der Waals surface area contributed by atoms with Crippen LogP contribution in [0.5, 0.6) is 5.75 Å². The topological polar surface area (TPSA) is 77.0 Å². The second kappa shape index (κ2) is 7.36. The highest BCUT2D eigenvalue weighted by atomic mass is 32.1. The number of carbonyl (C=O) groups is 1. The maximum Gasteiger partial charge on any atom is 0.269 e. The number of aryl methyl sites for hydroxylation is 3. The Morgan fingerprint density at radius 1 is 1.22 bits per heavy atom. The number of nitrogens with zero attached hydrogens (tertiary/aromatic N) is 3. The Morgan fingerprint density at radius 2 is 2.04 bits per heavy atom. The first kappa shape index (κ1) is 18.1. The molecule has 0 radical (unpaired) electrons. The minimum absolute atomic E-state index is 0.193. The Labute approximate surface area is 165 Å². The molecule has 0 aliphatic heterocycles. The van der Waals surface area contributed by atoms with E-state index in [-0.39, 0.29) is 5.91 Å². The zero-order valence-corrected chi connectivity index (χ0v) is 17.0. The fraction of sp³-hybridized carbons (Fsp3) is 0.368. The molecule has 1 saturated carbocycles. The summed E-state index contributed by atoms with van der Waals surface area (Å²) < 4.78 is 5.90. The summed E-state index contributed by atoms with van der Waals surface area (Å²) in [5, 5.41) is 13.4. The standard InChI is InChI=1S/C19H20N4O2S2/c1-10-4-5-11(2)14(8-10)25-9-15-20-12(3)16(26-15)17(24)21-19-23-22-18(27-19)13-6-7-13/h4-5,8,13H,6-7,9H2,1-3H3,(H,21,23,24). The van der Waals surface area contributed by atoms with Gasteiger partial charge in [-0.1, -0.05) is 23.5 Å². The van der Waals surface area contributed by atoms with Gasteiger partial charge >= 0.3 is 0 Å². The molecule has 2 aromatic heterocycles. The highest BCUT2D eigenvalue weighted by Gasteiger charge is 2.28. The van der Waals surface area contributed by atoms with Crippen molar-refractivity contribution in [1.82, 2.24) is 15.2 Å². The van der Waals surface area contributed by atoms with Gasteiger partial charge in [0.15, 0.2) is 0 Å². The summed E-state index contributed by atoms with van der Waals surface area (Å²) in [7, 11) is 0. The van der Waals surface area contributed by atoms with Crippen LogP contribution >= 0.6 is 22.7 Å². The first-order valence-electron chi connectivity index (χ1n) is 8.80. The Balaban J connectivity index is 1.42. The van der Waals surface area contributed by atoms with Crippen molar-refractivity contribution in [3.63, 3.8) is 0 Å². The van der Waals surface area contributed by atoms with Crippen LogP contribution in [0, 0.1) is 20.8 Å². The van der Waals surface area contributed by atoms with Crippen molar-refractivity contribution < 1.29 is 9.53 Å². The Morgan fingerprint density at radius 3 is 2.81 bits per heavy atom. The summed E-state index contributed by atoms with van der Waals surface area (Å²) in [6, 6.07) is 6.10. The number of benzene rings is 1. The number of amides is 1. The molecule has 0 unspecified atom stereocenters. The van der Waals surface area contributed by atoms with E-state index in [0.717, 1.165) is 26.9 Å². The van der Waals surface area contributed by atoms with E-state index in [1.807, 2.05) is 32.9 Å². The summed E-state index contributed by atoms with van der Waals surface area (Å²) in [5.74, 6) is 1.18. The molecule has 1 N–H and O–H groups in total. The van der Waals surface area contributed by atoms with Crippen molar-refractivity contribution in [2.24, 2.45) is 0 Å². The SMILES string of the molecule is Cc1ccc(C)c(OCc2nc(C)c(C(=O)Nc3nnc(C4CC4)s3)s2)c1. The maximum absolute atomic E-state index is 12.6. The first-order valence-corrected chi connectivity index (χ1v) is 10.4. The van der Waals surface area contributed by atoms with E-state index in [0.29, 0.717) is 28.2 Å². The molecule has 1 aliphatic rings. The van der Waals surface area contributed by atoms with Gasteiger partial charge in [-0.15, -0.1) is 21.5 Å². The van der Waals surface area contributed by atoms with E-state index < -0.39 is 0 Å². The molecule has 0 bridgehead atoms. The van der Waals surface area contributed by atoms with Crippen LogP contribution in [0.15, 0.2) is 18.2 Å². The summed E-state index contributed by atoms with van der Waals surface area (Å²) in [5.41, 5.74) is 2.92. The zero-order valence-electron chi connectivity index (χ0n) is 15.4. The minimum Gasteiger partial charge on any atom is -0.486 e. The second-order valence-corrected chi connectivity index (χ2v) is 8.85. The van der Waals surface area contributed by atoms with Gasteiger partial charge in [-0.2, -0.15) is 0 Å². The lowest BCUT2D eigenvalue weighted by atomic mass is 10.1. The summed E-state index contributed by atoms with van der Waals surface area (Å²) in [6.45, 7) is 6.22. The molecule has 3 aromatic rings. The van der Waals surface area contributed by atoms with Crippen LogP contribution in [0.3, 0.4) is 0 Å². The van der Waals surface area contributed by atoms with Crippen LogP contribution in [-0.2, 0) is 6.61 Å². The first-order chi connectivity index (χ1) is 13.0. The molecule has 4 rings (SSSR count). The average molecular weight is 401 g/mol. The van der Waals surface area contributed by atoms with E-state index in [1.54, 1.807) is 0 Å². The third-order valence-corrected chi connectivity index (χ3v) is 6.46. The van der Waals surface area contributed by atoms with Crippen molar-refractivity contribution in [3.8, 4) is 5.75 Å². The van der Waals surface area contributed by atoms with Crippen molar-refractivity contribution in [3.05, 3.63) is 49.9 Å². The van der Waals surface area contributed by atoms with Gasteiger partial charge < -0.3 is 4.74 Å². The smallest absolute Gasteiger partial charge is 0.269 e. The zero-order chi connectivity index (χ0) is 19.0. The molecule has 27 heavy (non-hydrogen) atoms. The largest absolute Gasteiger partial charge is 0.486 e. The molecule has 8 heteroatoms. The van der Waals surface area contributed by atoms with Crippen LogP contribution in [0.25, 0.3) is 0 Å². The number of hydrogen-bond donors (Lipinski definition) is 1. The van der Waals surface area contributed by atoms with Gasteiger partial charge in [-0.25, -0.2) is 4.98 Å². The summed E-state index contributed by atoms with van der Waals surface area (Å²) >= 11 is 2.80. The van der Waals surface area contributed by atoms with Crippen LogP contribution in [0.1, 0.15) is 55.3 Å². The molecule has 0 atom stereocenters. The fourth-order valence-electron chi connectivity index (χ4n) is 2.66. The molecular formula is C19H20N4O2S2. The predicted molar refractivity (Wildman–Crippen MR) is 107 cm³/mol. The molecule has 1 amide bonds. The molecule has 2 heterocycles. The average Bonchev–Trinajstić information content (AvgIpc) is 3.27. The highest BCUT2D eigenvalue weighted by Crippen LogP contribution is 2.42. The number of aromatic nitrogens is 3. The van der Waals surface area contributed by atoms with Crippen LogP contribution < -0.4 is 10.1 Å². The van der Waals surface area contributed by atoms with Crippen LogP contribution in [-0.4, -0.2) is 21.1 Å². The van der Waals surface area contributed by atoms with Crippen molar-refractivity contribution in [2.45, 2.75) is 46.1 Å². The van der Waals surface area contributed by atoms with Crippen molar-refractivity contribution in [1.29, 1.82) is 0 Å². The quantitative estimate of drug-likeness (QED) is 0.653. The molecule has 0 spiro atoms. The number of carbonyl (C=O) groups excluding carboxylic acids is 1. The molecule has 1 aromatic carbocycles. The van der Waals surface area contributed by atoms with Gasteiger partial charge in [0, 0.05) is 5.92 Å². The third kappa shape index (κ3) is 4.17. The van der Waals surface area contributed by atoms with E-state index in [9.17, 15) is 4.79 Å². The molecule has 0 saturated heterocycles. The van der Waals surface area contributed by atoms with E-state index in [2.05, 4.69) is 26.6 Å². The molecule has 1 fully saturated rings. The number of nitrogens with one attached hydrogen (secondary N) is 1. The number of anilines is 1. The van der Waals surface area contributed by atoms with E-state index in [1.165, 1.54) is 35.5 Å². The Bertz CT molecular complexity index is 992. The van der Waals surface area contributed by atoms with Crippen molar-refractivity contribution >= 4 is 33.7 Å².